The highest BCUT2D eigenvalue weighted by atomic mass is 32.1. The SMILES string of the molecule is [2H]c1sc(-c2ccc3oc(=O)n(C)c3c2)cc1F. The molecular formula is C12H8FNO2S. The van der Waals surface area contributed by atoms with Gasteiger partial charge in [0.2, 0.25) is 0 Å². The molecule has 0 amide bonds. The van der Waals surface area contributed by atoms with E-state index in [1.165, 1.54) is 10.6 Å². The number of hydrogen-bond acceptors (Lipinski definition) is 3. The van der Waals surface area contributed by atoms with Crippen molar-refractivity contribution in [1.29, 1.82) is 0 Å². The third kappa shape index (κ3) is 1.59. The number of oxazole rings is 1. The molecule has 5 heteroatoms. The van der Waals surface area contributed by atoms with Crippen LogP contribution in [-0.2, 0) is 7.05 Å². The second kappa shape index (κ2) is 3.56. The van der Waals surface area contributed by atoms with Crippen LogP contribution in [0.4, 0.5) is 4.39 Å². The minimum atomic E-state index is -0.531. The Morgan fingerprint density at radius 1 is 1.47 bits per heavy atom. The number of thiophene rings is 1. The first-order chi connectivity index (χ1) is 8.56. The topological polar surface area (TPSA) is 35.1 Å². The van der Waals surface area contributed by atoms with E-state index in [1.807, 2.05) is 0 Å². The van der Waals surface area contributed by atoms with E-state index in [9.17, 15) is 9.18 Å². The van der Waals surface area contributed by atoms with Gasteiger partial charge in [0.25, 0.3) is 0 Å². The van der Waals surface area contributed by atoms with E-state index in [-0.39, 0.29) is 5.36 Å². The van der Waals surface area contributed by atoms with Crippen LogP contribution in [0, 0.1) is 5.82 Å². The number of rotatable bonds is 1. The van der Waals surface area contributed by atoms with Crippen LogP contribution in [-0.4, -0.2) is 4.57 Å². The third-order valence-corrected chi connectivity index (χ3v) is 3.46. The maximum atomic E-state index is 13.2. The molecule has 0 bridgehead atoms. The van der Waals surface area contributed by atoms with Crippen molar-refractivity contribution in [2.24, 2.45) is 7.05 Å². The Morgan fingerprint density at radius 3 is 3.00 bits per heavy atom. The molecule has 0 aliphatic rings. The van der Waals surface area contributed by atoms with Crippen molar-refractivity contribution in [3.05, 3.63) is 46.0 Å². The van der Waals surface area contributed by atoms with Gasteiger partial charge in [-0.15, -0.1) is 11.3 Å². The van der Waals surface area contributed by atoms with Gasteiger partial charge in [-0.25, -0.2) is 9.18 Å². The molecule has 86 valence electrons. The summed E-state index contributed by atoms with van der Waals surface area (Å²) in [5.74, 6) is -0.961. The van der Waals surface area contributed by atoms with E-state index in [0.717, 1.165) is 16.9 Å². The zero-order chi connectivity index (χ0) is 12.9. The number of aryl methyl sites for hydroxylation is 1. The Labute approximate surface area is 101 Å². The Balaban J connectivity index is 2.24. The lowest BCUT2D eigenvalue weighted by atomic mass is 10.2. The molecule has 3 aromatic rings. The molecule has 0 atom stereocenters. The van der Waals surface area contributed by atoms with Gasteiger partial charge in [0.15, 0.2) is 5.58 Å². The highest BCUT2D eigenvalue weighted by Crippen LogP contribution is 2.28. The minimum absolute atomic E-state index is 0.0915. The first kappa shape index (κ1) is 9.18. The Bertz CT molecular complexity index is 783. The van der Waals surface area contributed by atoms with Crippen molar-refractivity contribution in [1.82, 2.24) is 4.57 Å². The fourth-order valence-corrected chi connectivity index (χ4v) is 2.37. The highest BCUT2D eigenvalue weighted by molar-refractivity contribution is 7.13. The van der Waals surface area contributed by atoms with E-state index in [4.69, 9.17) is 5.79 Å². The second-order valence-electron chi connectivity index (χ2n) is 3.67. The predicted molar refractivity (Wildman–Crippen MR) is 64.7 cm³/mol. The van der Waals surface area contributed by atoms with Gasteiger partial charge in [0.05, 0.1) is 6.89 Å². The van der Waals surface area contributed by atoms with Crippen LogP contribution in [0.25, 0.3) is 21.5 Å². The molecule has 0 aliphatic carbocycles. The Morgan fingerprint density at radius 2 is 2.29 bits per heavy atom. The van der Waals surface area contributed by atoms with Crippen molar-refractivity contribution in [2.75, 3.05) is 0 Å². The number of fused-ring (bicyclic) bond motifs is 1. The number of halogens is 1. The number of nitrogens with zero attached hydrogens (tertiary/aromatic N) is 1. The molecule has 0 radical (unpaired) electrons. The number of aromatic nitrogens is 1. The lowest BCUT2D eigenvalue weighted by Crippen LogP contribution is -2.08. The molecule has 3 rings (SSSR count). The van der Waals surface area contributed by atoms with Gasteiger partial charge < -0.3 is 4.42 Å². The van der Waals surface area contributed by atoms with Gasteiger partial charge in [-0.05, 0) is 29.8 Å². The highest BCUT2D eigenvalue weighted by Gasteiger charge is 2.08. The van der Waals surface area contributed by atoms with Crippen LogP contribution in [0.3, 0.4) is 0 Å². The maximum Gasteiger partial charge on any atom is 0.419 e. The molecule has 3 nitrogen and oxygen atoms in total. The molecular weight excluding hydrogens is 241 g/mol. The molecule has 2 heterocycles. The molecule has 2 aromatic heterocycles. The normalized spacial score (nSPS) is 12.0. The molecule has 0 saturated carbocycles. The van der Waals surface area contributed by atoms with Crippen LogP contribution in [0.2, 0.25) is 0 Å². The summed E-state index contributed by atoms with van der Waals surface area (Å²) in [5.41, 5.74) is 1.91. The van der Waals surface area contributed by atoms with Crippen LogP contribution in [0.5, 0.6) is 0 Å². The fourth-order valence-electron chi connectivity index (χ4n) is 1.70. The monoisotopic (exact) mass is 250 g/mol. The summed E-state index contributed by atoms with van der Waals surface area (Å²) in [5, 5.41) is -0.0915. The number of benzene rings is 1. The number of hydrogen-bond donors (Lipinski definition) is 0. The van der Waals surface area contributed by atoms with Gasteiger partial charge >= 0.3 is 5.76 Å². The zero-order valence-corrected chi connectivity index (χ0v) is 9.68. The van der Waals surface area contributed by atoms with Crippen molar-refractivity contribution < 1.29 is 10.2 Å². The van der Waals surface area contributed by atoms with Gasteiger partial charge in [-0.3, -0.25) is 4.57 Å². The summed E-state index contributed by atoms with van der Waals surface area (Å²) in [6, 6.07) is 6.50. The predicted octanol–water partition coefficient (Wildman–Crippen LogP) is 3.00. The Hall–Kier alpha value is -1.88. The molecule has 0 spiro atoms. The maximum absolute atomic E-state index is 13.2. The van der Waals surface area contributed by atoms with Gasteiger partial charge in [0.1, 0.15) is 5.82 Å². The summed E-state index contributed by atoms with van der Waals surface area (Å²) < 4.78 is 27.0. The Kier molecular flexibility index (Phi) is 1.92. The van der Waals surface area contributed by atoms with Crippen LogP contribution in [0.1, 0.15) is 1.37 Å². The van der Waals surface area contributed by atoms with Crippen molar-refractivity contribution in [3.63, 3.8) is 0 Å². The fraction of sp³-hybridized carbons (Fsp3) is 0.0833. The summed E-state index contributed by atoms with van der Waals surface area (Å²) >= 11 is 1.06. The first-order valence-electron chi connectivity index (χ1n) is 5.42. The smallest absolute Gasteiger partial charge is 0.408 e. The van der Waals surface area contributed by atoms with E-state index in [2.05, 4.69) is 0 Å². The molecule has 0 fully saturated rings. The van der Waals surface area contributed by atoms with E-state index < -0.39 is 11.6 Å². The second-order valence-corrected chi connectivity index (χ2v) is 4.52. The summed E-state index contributed by atoms with van der Waals surface area (Å²) in [7, 11) is 1.61. The molecule has 0 N–H and O–H groups in total. The summed E-state index contributed by atoms with van der Waals surface area (Å²) in [6.45, 7) is 0. The quantitative estimate of drug-likeness (QED) is 0.665. The first-order valence-corrected chi connectivity index (χ1v) is 5.74. The molecule has 0 aliphatic heterocycles. The third-order valence-electron chi connectivity index (χ3n) is 2.59. The summed E-state index contributed by atoms with van der Waals surface area (Å²) in [6.07, 6.45) is 0. The summed E-state index contributed by atoms with van der Waals surface area (Å²) in [4.78, 5) is 12.0. The minimum Gasteiger partial charge on any atom is -0.408 e. The van der Waals surface area contributed by atoms with Gasteiger partial charge in [-0.1, -0.05) is 0 Å². The van der Waals surface area contributed by atoms with Crippen LogP contribution in [0.15, 0.2) is 38.8 Å². The van der Waals surface area contributed by atoms with Gasteiger partial charge in [0, 0.05) is 17.3 Å². The molecule has 17 heavy (non-hydrogen) atoms. The molecule has 0 saturated heterocycles. The zero-order valence-electron chi connectivity index (χ0n) is 9.86. The van der Waals surface area contributed by atoms with Crippen molar-refractivity contribution in [2.45, 2.75) is 0 Å². The average Bonchev–Trinajstić information content (AvgIpc) is 2.82. The van der Waals surface area contributed by atoms with Crippen LogP contribution < -0.4 is 5.76 Å². The van der Waals surface area contributed by atoms with Crippen LogP contribution >= 0.6 is 11.3 Å². The lowest BCUT2D eigenvalue weighted by Gasteiger charge is -1.97. The largest absolute Gasteiger partial charge is 0.419 e. The van der Waals surface area contributed by atoms with Crippen molar-refractivity contribution in [3.8, 4) is 10.4 Å². The van der Waals surface area contributed by atoms with E-state index in [0.29, 0.717) is 16.0 Å². The molecule has 0 unspecified atom stereocenters. The lowest BCUT2D eigenvalue weighted by molar-refractivity contribution is 0.528. The molecule has 1 aromatic carbocycles. The van der Waals surface area contributed by atoms with Gasteiger partial charge in [-0.2, -0.15) is 0 Å². The van der Waals surface area contributed by atoms with E-state index >= 15 is 0 Å². The average molecular weight is 250 g/mol. The van der Waals surface area contributed by atoms with Crippen molar-refractivity contribution >= 4 is 22.4 Å². The van der Waals surface area contributed by atoms with E-state index in [1.54, 1.807) is 25.2 Å². The standard InChI is InChI=1S/C12H8FNO2S/c1-14-9-4-7(11-5-8(13)6-17-11)2-3-10(9)16-12(14)15/h2-6H,1H3/i6D.